The van der Waals surface area contributed by atoms with Crippen LogP contribution in [0.25, 0.3) is 10.8 Å². The Balaban J connectivity index is 1.48. The molecule has 0 aliphatic carbocycles. The number of carbonyl (C=O) groups is 2. The molecule has 43 heavy (non-hydrogen) atoms. The van der Waals surface area contributed by atoms with Crippen molar-refractivity contribution in [2.24, 2.45) is 5.92 Å². The number of urea groups is 1. The van der Waals surface area contributed by atoms with Gasteiger partial charge in [0.25, 0.3) is 15.9 Å². The summed E-state index contributed by atoms with van der Waals surface area (Å²) in [6.07, 6.45) is -0.691. The molecular weight excluding hydrogens is 588 g/mol. The third-order valence-electron chi connectivity index (χ3n) is 7.57. The zero-order valence-corrected chi connectivity index (χ0v) is 25.7. The van der Waals surface area contributed by atoms with E-state index >= 15 is 0 Å². The highest BCUT2D eigenvalue weighted by atomic mass is 32.2. The maximum atomic E-state index is 13.8. The predicted octanol–water partition coefficient (Wildman–Crippen LogP) is 5.09. The molecule has 0 fully saturated rings. The number of carbonyl (C=O) groups excluding carboxylic acids is 2. The number of thiophene rings is 1. The van der Waals surface area contributed by atoms with Gasteiger partial charge in [-0.25, -0.2) is 13.2 Å². The molecule has 0 unspecified atom stereocenters. The van der Waals surface area contributed by atoms with E-state index in [0.717, 1.165) is 22.1 Å². The van der Waals surface area contributed by atoms with Crippen LogP contribution in [0.3, 0.4) is 0 Å². The first-order valence-electron chi connectivity index (χ1n) is 13.9. The summed E-state index contributed by atoms with van der Waals surface area (Å²) in [4.78, 5) is 28.6. The molecular formula is C31H34N4O6S2. The van der Waals surface area contributed by atoms with Crippen molar-refractivity contribution in [3.05, 3.63) is 83.7 Å². The number of likely N-dealkylation sites (N-methyl/N-ethyl adjacent to an activating group) is 1. The molecule has 3 aromatic carbocycles. The van der Waals surface area contributed by atoms with Gasteiger partial charge in [0, 0.05) is 24.9 Å². The summed E-state index contributed by atoms with van der Waals surface area (Å²) in [6, 6.07) is 20.3. The first kappa shape index (κ1) is 30.5. The van der Waals surface area contributed by atoms with Crippen LogP contribution in [0.5, 0.6) is 5.75 Å². The van der Waals surface area contributed by atoms with Crippen molar-refractivity contribution in [2.75, 3.05) is 37.4 Å². The second-order valence-electron chi connectivity index (χ2n) is 10.6. The molecule has 3 atom stereocenters. The number of hydrogen-bond donors (Lipinski definition) is 3. The maximum absolute atomic E-state index is 13.8. The molecule has 0 saturated carbocycles. The second kappa shape index (κ2) is 12.7. The van der Waals surface area contributed by atoms with Gasteiger partial charge in [0.15, 0.2) is 5.75 Å². The minimum atomic E-state index is -3.77. The predicted molar refractivity (Wildman–Crippen MR) is 168 cm³/mol. The summed E-state index contributed by atoms with van der Waals surface area (Å²) in [5.41, 5.74) is 1.06. The highest BCUT2D eigenvalue weighted by molar-refractivity contribution is 7.91. The van der Waals surface area contributed by atoms with Gasteiger partial charge in [-0.15, -0.1) is 11.3 Å². The molecule has 226 valence electrons. The van der Waals surface area contributed by atoms with E-state index in [9.17, 15) is 23.1 Å². The number of amides is 3. The van der Waals surface area contributed by atoms with Crippen LogP contribution in [0.2, 0.25) is 0 Å². The van der Waals surface area contributed by atoms with Gasteiger partial charge in [0.1, 0.15) is 10.3 Å². The van der Waals surface area contributed by atoms with Gasteiger partial charge in [0.05, 0.1) is 36.1 Å². The molecule has 0 bridgehead atoms. The minimum absolute atomic E-state index is 0.00703. The summed E-state index contributed by atoms with van der Waals surface area (Å²) < 4.78 is 34.4. The fourth-order valence-corrected chi connectivity index (χ4v) is 7.47. The quantitative estimate of drug-likeness (QED) is 0.251. The number of nitrogens with zero attached hydrogens (tertiary/aromatic N) is 2. The Hall–Kier alpha value is -3.97. The highest BCUT2D eigenvalue weighted by Crippen LogP contribution is 2.36. The average Bonchev–Trinajstić information content (AvgIpc) is 3.55. The Labute approximate surface area is 254 Å². The van der Waals surface area contributed by atoms with E-state index in [2.05, 4.69) is 10.6 Å². The van der Waals surface area contributed by atoms with Crippen molar-refractivity contribution < 1.29 is 27.9 Å². The van der Waals surface area contributed by atoms with Gasteiger partial charge in [-0.3, -0.25) is 4.79 Å². The Morgan fingerprint density at radius 1 is 1.07 bits per heavy atom. The summed E-state index contributed by atoms with van der Waals surface area (Å²) in [5.74, 6) is -0.557. The van der Waals surface area contributed by atoms with Crippen molar-refractivity contribution in [3.63, 3.8) is 0 Å². The van der Waals surface area contributed by atoms with Crippen LogP contribution in [0, 0.1) is 5.92 Å². The van der Waals surface area contributed by atoms with Crippen LogP contribution in [-0.4, -0.2) is 73.6 Å². The van der Waals surface area contributed by atoms with Crippen molar-refractivity contribution in [1.82, 2.24) is 9.21 Å². The van der Waals surface area contributed by atoms with E-state index in [1.54, 1.807) is 53.6 Å². The fourth-order valence-electron chi connectivity index (χ4n) is 5.09. The number of ether oxygens (including phenoxy) is 1. The van der Waals surface area contributed by atoms with Crippen LogP contribution in [0.15, 0.2) is 82.4 Å². The number of hydrogen-bond acceptors (Lipinski definition) is 7. The molecule has 12 heteroatoms. The van der Waals surface area contributed by atoms with Crippen molar-refractivity contribution >= 4 is 55.4 Å². The number of para-hydroxylation sites is 1. The SMILES string of the molecule is C[C@H](CO)N1C[C@H](C)[C@H](CN(C)S(=O)(=O)c2cccs2)Oc2c(NC(=O)Nc3cccc4ccccc34)cccc2C1=O. The molecule has 3 amide bonds. The van der Waals surface area contributed by atoms with Crippen molar-refractivity contribution in [3.8, 4) is 5.75 Å². The minimum Gasteiger partial charge on any atom is -0.486 e. The molecule has 3 N–H and O–H groups in total. The van der Waals surface area contributed by atoms with E-state index in [1.807, 2.05) is 43.3 Å². The third-order valence-corrected chi connectivity index (χ3v) is 10.8. The number of benzene rings is 3. The lowest BCUT2D eigenvalue weighted by molar-refractivity contribution is 0.0389. The van der Waals surface area contributed by atoms with Gasteiger partial charge < -0.3 is 25.4 Å². The first-order valence-corrected chi connectivity index (χ1v) is 16.2. The molecule has 1 aliphatic rings. The Bertz CT molecular complexity index is 1720. The average molecular weight is 623 g/mol. The van der Waals surface area contributed by atoms with Crippen LogP contribution >= 0.6 is 11.3 Å². The Kier molecular flexibility index (Phi) is 9.02. The number of nitrogens with one attached hydrogen (secondary N) is 2. The third kappa shape index (κ3) is 6.37. The molecule has 2 heterocycles. The summed E-state index contributed by atoms with van der Waals surface area (Å²) >= 11 is 1.13. The molecule has 0 radical (unpaired) electrons. The standard InChI is InChI=1S/C31H34N4O6S2/c1-20-17-35(21(2)19-36)30(37)24-12-7-14-26(33-31(38)32-25-13-6-10-22-9-4-5-11-23(22)25)29(24)41-27(20)18-34(3)43(39,40)28-15-8-16-42-28/h4-16,20-21,27,36H,17-19H2,1-3H3,(H2,32,33,38)/t20-,21+,27-/m0/s1. The normalized spacial score (nSPS) is 18.0. The number of aliphatic hydroxyl groups excluding tert-OH is 1. The lowest BCUT2D eigenvalue weighted by Gasteiger charge is -2.38. The second-order valence-corrected chi connectivity index (χ2v) is 13.8. The fraction of sp³-hybridized carbons (Fsp3) is 0.290. The number of sulfonamides is 1. The maximum Gasteiger partial charge on any atom is 0.323 e. The lowest BCUT2D eigenvalue weighted by Crippen LogP contribution is -2.50. The van der Waals surface area contributed by atoms with E-state index < -0.39 is 28.2 Å². The first-order chi connectivity index (χ1) is 20.6. The molecule has 0 spiro atoms. The van der Waals surface area contributed by atoms with Gasteiger partial charge >= 0.3 is 6.03 Å². The van der Waals surface area contributed by atoms with Gasteiger partial charge in [0.2, 0.25) is 0 Å². The lowest BCUT2D eigenvalue weighted by atomic mass is 9.99. The molecule has 4 aromatic rings. The summed E-state index contributed by atoms with van der Waals surface area (Å²) in [7, 11) is -2.28. The summed E-state index contributed by atoms with van der Waals surface area (Å²) in [6.45, 7) is 3.59. The largest absolute Gasteiger partial charge is 0.486 e. The van der Waals surface area contributed by atoms with Crippen molar-refractivity contribution in [1.29, 1.82) is 0 Å². The number of fused-ring (bicyclic) bond motifs is 2. The Morgan fingerprint density at radius 2 is 1.77 bits per heavy atom. The van der Waals surface area contributed by atoms with Gasteiger partial charge in [-0.2, -0.15) is 4.31 Å². The molecule has 1 aromatic heterocycles. The van der Waals surface area contributed by atoms with Crippen LogP contribution < -0.4 is 15.4 Å². The Morgan fingerprint density at radius 3 is 2.51 bits per heavy atom. The van der Waals surface area contributed by atoms with Crippen molar-refractivity contribution in [2.45, 2.75) is 30.2 Å². The molecule has 10 nitrogen and oxygen atoms in total. The zero-order valence-electron chi connectivity index (χ0n) is 24.1. The van der Waals surface area contributed by atoms with Gasteiger partial charge in [-0.05, 0) is 42.0 Å². The molecule has 1 aliphatic heterocycles. The number of aliphatic hydroxyl groups is 1. The molecule has 5 rings (SSSR count). The topological polar surface area (TPSA) is 128 Å². The van der Waals surface area contributed by atoms with E-state index in [4.69, 9.17) is 4.74 Å². The highest BCUT2D eigenvalue weighted by Gasteiger charge is 2.36. The number of anilines is 2. The number of rotatable bonds is 8. The molecule has 0 saturated heterocycles. The van der Waals surface area contributed by atoms with E-state index in [0.29, 0.717) is 5.69 Å². The monoisotopic (exact) mass is 622 g/mol. The van der Waals surface area contributed by atoms with Crippen LogP contribution in [-0.2, 0) is 10.0 Å². The van der Waals surface area contributed by atoms with E-state index in [1.165, 1.54) is 11.4 Å². The van der Waals surface area contributed by atoms with E-state index in [-0.39, 0.29) is 52.7 Å². The van der Waals surface area contributed by atoms with Crippen LogP contribution in [0.1, 0.15) is 24.2 Å². The summed E-state index contributed by atoms with van der Waals surface area (Å²) in [5, 5.41) is 19.2. The van der Waals surface area contributed by atoms with Crippen LogP contribution in [0.4, 0.5) is 16.2 Å². The van der Waals surface area contributed by atoms with Gasteiger partial charge in [-0.1, -0.05) is 55.5 Å². The smallest absolute Gasteiger partial charge is 0.323 e. The zero-order chi connectivity index (χ0) is 30.7.